The van der Waals surface area contributed by atoms with Crippen molar-refractivity contribution < 1.29 is 14.3 Å². The lowest BCUT2D eigenvalue weighted by Crippen LogP contribution is -2.27. The zero-order chi connectivity index (χ0) is 14.4. The van der Waals surface area contributed by atoms with E-state index in [0.717, 1.165) is 44.5 Å². The van der Waals surface area contributed by atoms with Gasteiger partial charge in [0.1, 0.15) is 12.9 Å². The number of rotatable bonds is 6. The molecule has 1 saturated carbocycles. The highest BCUT2D eigenvalue weighted by atomic mass is 16.5. The highest BCUT2D eigenvalue weighted by Gasteiger charge is 2.27. The number of nitrogens with zero attached hydrogens (tertiary/aromatic N) is 3. The third-order valence-electron chi connectivity index (χ3n) is 3.79. The molecule has 0 atom stereocenters. The standard InChI is InChI=1S/C14H23N3O3/c1-3-8-17-13(15-10-16-17)9-20-12-6-4-11(5-7-12)14(18)19-2/h10-12H,3-9H2,1-2H3. The van der Waals surface area contributed by atoms with Gasteiger partial charge in [-0.3, -0.25) is 4.79 Å². The van der Waals surface area contributed by atoms with E-state index in [1.165, 1.54) is 7.11 Å². The minimum absolute atomic E-state index is 0.0450. The van der Waals surface area contributed by atoms with Gasteiger partial charge in [-0.2, -0.15) is 5.10 Å². The van der Waals surface area contributed by atoms with Gasteiger partial charge in [-0.15, -0.1) is 0 Å². The molecule has 2 rings (SSSR count). The molecule has 0 spiro atoms. The zero-order valence-electron chi connectivity index (χ0n) is 12.2. The molecule has 20 heavy (non-hydrogen) atoms. The maximum Gasteiger partial charge on any atom is 0.308 e. The summed E-state index contributed by atoms with van der Waals surface area (Å²) in [6.45, 7) is 3.47. The number of aromatic nitrogens is 3. The highest BCUT2D eigenvalue weighted by molar-refractivity contribution is 5.72. The van der Waals surface area contributed by atoms with Crippen LogP contribution >= 0.6 is 0 Å². The Labute approximate surface area is 119 Å². The minimum Gasteiger partial charge on any atom is -0.469 e. The lowest BCUT2D eigenvalue weighted by molar-refractivity contribution is -0.147. The molecule has 112 valence electrons. The van der Waals surface area contributed by atoms with Gasteiger partial charge in [0.25, 0.3) is 0 Å². The fourth-order valence-corrected chi connectivity index (χ4v) is 2.62. The van der Waals surface area contributed by atoms with Gasteiger partial charge in [-0.1, -0.05) is 6.92 Å². The molecule has 0 saturated heterocycles. The maximum absolute atomic E-state index is 11.5. The van der Waals surface area contributed by atoms with Crippen LogP contribution < -0.4 is 0 Å². The number of hydrogen-bond donors (Lipinski definition) is 0. The first kappa shape index (κ1) is 15.0. The molecule has 1 aliphatic carbocycles. The van der Waals surface area contributed by atoms with Crippen molar-refractivity contribution in [2.24, 2.45) is 5.92 Å². The van der Waals surface area contributed by atoms with Gasteiger partial charge in [0, 0.05) is 6.54 Å². The molecule has 6 nitrogen and oxygen atoms in total. The van der Waals surface area contributed by atoms with Crippen LogP contribution in [0.2, 0.25) is 0 Å². The van der Waals surface area contributed by atoms with E-state index in [2.05, 4.69) is 17.0 Å². The molecule has 0 N–H and O–H groups in total. The van der Waals surface area contributed by atoms with E-state index < -0.39 is 0 Å². The van der Waals surface area contributed by atoms with Crippen LogP contribution in [0.15, 0.2) is 6.33 Å². The number of carbonyl (C=O) groups is 1. The normalized spacial score (nSPS) is 22.7. The fraction of sp³-hybridized carbons (Fsp3) is 0.786. The highest BCUT2D eigenvalue weighted by Crippen LogP contribution is 2.27. The van der Waals surface area contributed by atoms with Gasteiger partial charge in [-0.05, 0) is 32.1 Å². The molecule has 0 unspecified atom stereocenters. The van der Waals surface area contributed by atoms with E-state index in [4.69, 9.17) is 9.47 Å². The van der Waals surface area contributed by atoms with Crippen LogP contribution in [0.5, 0.6) is 0 Å². The molecule has 0 aliphatic heterocycles. The quantitative estimate of drug-likeness (QED) is 0.745. The summed E-state index contributed by atoms with van der Waals surface area (Å²) in [7, 11) is 1.45. The molecule has 0 radical (unpaired) electrons. The third-order valence-corrected chi connectivity index (χ3v) is 3.79. The number of carbonyl (C=O) groups excluding carboxylic acids is 1. The summed E-state index contributed by atoms with van der Waals surface area (Å²) in [5, 5.41) is 4.18. The van der Waals surface area contributed by atoms with Crippen molar-refractivity contribution in [3.05, 3.63) is 12.2 Å². The summed E-state index contributed by atoms with van der Waals surface area (Å²) < 4.78 is 12.6. The molecule has 1 heterocycles. The SMILES string of the molecule is CCCn1ncnc1COC1CCC(C(=O)OC)CC1. The van der Waals surface area contributed by atoms with Crippen LogP contribution in [0.1, 0.15) is 44.9 Å². The minimum atomic E-state index is -0.0915. The Morgan fingerprint density at radius 3 is 2.80 bits per heavy atom. The van der Waals surface area contributed by atoms with Crippen LogP contribution in [0.25, 0.3) is 0 Å². The first-order chi connectivity index (χ1) is 9.74. The number of aryl methyl sites for hydroxylation is 1. The topological polar surface area (TPSA) is 66.2 Å². The maximum atomic E-state index is 11.5. The summed E-state index contributed by atoms with van der Waals surface area (Å²) in [4.78, 5) is 15.7. The Balaban J connectivity index is 1.76. The van der Waals surface area contributed by atoms with E-state index in [-0.39, 0.29) is 18.0 Å². The zero-order valence-corrected chi connectivity index (χ0v) is 12.2. The summed E-state index contributed by atoms with van der Waals surface area (Å²) in [5.74, 6) is 0.830. The molecule has 1 aliphatic rings. The number of hydrogen-bond acceptors (Lipinski definition) is 5. The van der Waals surface area contributed by atoms with Crippen molar-refractivity contribution in [2.75, 3.05) is 7.11 Å². The fourth-order valence-electron chi connectivity index (χ4n) is 2.62. The van der Waals surface area contributed by atoms with E-state index in [1.54, 1.807) is 6.33 Å². The van der Waals surface area contributed by atoms with Gasteiger partial charge in [0.2, 0.25) is 0 Å². The Morgan fingerprint density at radius 2 is 2.15 bits per heavy atom. The van der Waals surface area contributed by atoms with Crippen LogP contribution in [0.3, 0.4) is 0 Å². The molecule has 0 amide bonds. The van der Waals surface area contributed by atoms with Crippen molar-refractivity contribution in [1.82, 2.24) is 14.8 Å². The van der Waals surface area contributed by atoms with Crippen LogP contribution in [0, 0.1) is 5.92 Å². The summed E-state index contributed by atoms with van der Waals surface area (Å²) >= 11 is 0. The first-order valence-electron chi connectivity index (χ1n) is 7.30. The van der Waals surface area contributed by atoms with Gasteiger partial charge in [0.05, 0.1) is 19.1 Å². The van der Waals surface area contributed by atoms with Crippen LogP contribution in [-0.2, 0) is 27.4 Å². The van der Waals surface area contributed by atoms with Gasteiger partial charge >= 0.3 is 5.97 Å². The Bertz CT molecular complexity index is 425. The molecule has 0 bridgehead atoms. The monoisotopic (exact) mass is 281 g/mol. The predicted molar refractivity (Wildman–Crippen MR) is 72.9 cm³/mol. The first-order valence-corrected chi connectivity index (χ1v) is 7.30. The van der Waals surface area contributed by atoms with Gasteiger partial charge in [0.15, 0.2) is 5.82 Å². The molecule has 0 aromatic carbocycles. The second-order valence-electron chi connectivity index (χ2n) is 5.21. The van der Waals surface area contributed by atoms with Crippen molar-refractivity contribution in [3.63, 3.8) is 0 Å². The van der Waals surface area contributed by atoms with E-state index in [9.17, 15) is 4.79 Å². The van der Waals surface area contributed by atoms with Crippen molar-refractivity contribution in [1.29, 1.82) is 0 Å². The second kappa shape index (κ2) is 7.38. The van der Waals surface area contributed by atoms with Crippen LogP contribution in [0.4, 0.5) is 0 Å². The third kappa shape index (κ3) is 3.79. The lowest BCUT2D eigenvalue weighted by atomic mass is 9.87. The predicted octanol–water partition coefficient (Wildman–Crippen LogP) is 1.94. The van der Waals surface area contributed by atoms with Crippen LogP contribution in [-0.4, -0.2) is 33.9 Å². The van der Waals surface area contributed by atoms with E-state index in [0.29, 0.717) is 6.61 Å². The molecule has 1 aromatic rings. The second-order valence-corrected chi connectivity index (χ2v) is 5.21. The summed E-state index contributed by atoms with van der Waals surface area (Å²) in [5.41, 5.74) is 0. The molecule has 1 aromatic heterocycles. The summed E-state index contributed by atoms with van der Waals surface area (Å²) in [6.07, 6.45) is 6.31. The smallest absolute Gasteiger partial charge is 0.308 e. The van der Waals surface area contributed by atoms with Crippen molar-refractivity contribution in [3.8, 4) is 0 Å². The Kier molecular flexibility index (Phi) is 5.52. The number of methoxy groups -OCH3 is 1. The van der Waals surface area contributed by atoms with Gasteiger partial charge < -0.3 is 9.47 Å². The molecule has 1 fully saturated rings. The Hall–Kier alpha value is -1.43. The molecular weight excluding hydrogens is 258 g/mol. The molecule has 6 heteroatoms. The summed E-state index contributed by atoms with van der Waals surface area (Å²) in [6, 6.07) is 0. The average molecular weight is 281 g/mol. The molecular formula is C14H23N3O3. The number of ether oxygens (including phenoxy) is 2. The number of esters is 1. The van der Waals surface area contributed by atoms with Crippen molar-refractivity contribution >= 4 is 5.97 Å². The van der Waals surface area contributed by atoms with E-state index >= 15 is 0 Å². The largest absolute Gasteiger partial charge is 0.469 e. The van der Waals surface area contributed by atoms with Gasteiger partial charge in [-0.25, -0.2) is 9.67 Å². The average Bonchev–Trinajstić information content (AvgIpc) is 2.92. The lowest BCUT2D eigenvalue weighted by Gasteiger charge is -2.26. The van der Waals surface area contributed by atoms with Crippen molar-refractivity contribution in [2.45, 2.75) is 58.3 Å². The Morgan fingerprint density at radius 1 is 1.40 bits per heavy atom. The van der Waals surface area contributed by atoms with E-state index in [1.807, 2.05) is 4.68 Å².